The first-order valence-electron chi connectivity index (χ1n) is 5.89. The minimum atomic E-state index is 0.523. The van der Waals surface area contributed by atoms with Crippen molar-refractivity contribution in [2.24, 2.45) is 5.92 Å². The average molecular weight is 198 g/mol. The van der Waals surface area contributed by atoms with Gasteiger partial charge in [-0.1, -0.05) is 6.92 Å². The molecule has 2 aliphatic rings. The van der Waals surface area contributed by atoms with Gasteiger partial charge < -0.3 is 15.0 Å². The van der Waals surface area contributed by atoms with E-state index in [1.807, 2.05) is 0 Å². The molecule has 2 saturated heterocycles. The van der Waals surface area contributed by atoms with Crippen LogP contribution < -0.4 is 5.32 Å². The molecule has 0 radical (unpaired) electrons. The molecule has 0 spiro atoms. The maximum atomic E-state index is 5.84. The van der Waals surface area contributed by atoms with Crippen molar-refractivity contribution in [3.8, 4) is 0 Å². The maximum absolute atomic E-state index is 5.84. The van der Waals surface area contributed by atoms with E-state index in [1.165, 1.54) is 25.9 Å². The Kier molecular flexibility index (Phi) is 3.79. The summed E-state index contributed by atoms with van der Waals surface area (Å²) in [6, 6.07) is 0. The number of hydrogen-bond acceptors (Lipinski definition) is 3. The molecule has 2 heterocycles. The topological polar surface area (TPSA) is 24.5 Å². The van der Waals surface area contributed by atoms with Gasteiger partial charge in [-0.15, -0.1) is 0 Å². The minimum absolute atomic E-state index is 0.523. The van der Waals surface area contributed by atoms with Gasteiger partial charge in [-0.2, -0.15) is 0 Å². The highest BCUT2D eigenvalue weighted by Crippen LogP contribution is 2.13. The molecule has 0 amide bonds. The van der Waals surface area contributed by atoms with Crippen molar-refractivity contribution in [3.63, 3.8) is 0 Å². The molecule has 2 aliphatic heterocycles. The number of nitrogens with zero attached hydrogens (tertiary/aromatic N) is 1. The van der Waals surface area contributed by atoms with E-state index in [0.29, 0.717) is 6.10 Å². The van der Waals surface area contributed by atoms with E-state index in [9.17, 15) is 0 Å². The quantitative estimate of drug-likeness (QED) is 0.720. The van der Waals surface area contributed by atoms with Gasteiger partial charge in [-0.3, -0.25) is 0 Å². The van der Waals surface area contributed by atoms with E-state index in [4.69, 9.17) is 4.74 Å². The summed E-state index contributed by atoms with van der Waals surface area (Å²) in [6.45, 7) is 9.18. The van der Waals surface area contributed by atoms with E-state index in [1.54, 1.807) is 0 Å². The van der Waals surface area contributed by atoms with Crippen LogP contribution in [0.3, 0.4) is 0 Å². The van der Waals surface area contributed by atoms with Gasteiger partial charge in [0.05, 0.1) is 12.7 Å². The van der Waals surface area contributed by atoms with Crippen molar-refractivity contribution in [1.29, 1.82) is 0 Å². The first-order chi connectivity index (χ1) is 6.84. The van der Waals surface area contributed by atoms with Crippen LogP contribution in [-0.4, -0.2) is 50.3 Å². The average Bonchev–Trinajstić information content (AvgIpc) is 2.17. The molecule has 2 rings (SSSR count). The number of nitrogens with one attached hydrogen (secondary N) is 1. The lowest BCUT2D eigenvalue weighted by molar-refractivity contribution is 0.00184. The Bertz CT molecular complexity index is 163. The van der Waals surface area contributed by atoms with Crippen molar-refractivity contribution in [3.05, 3.63) is 0 Å². The summed E-state index contributed by atoms with van der Waals surface area (Å²) in [4.78, 5) is 2.48. The van der Waals surface area contributed by atoms with Crippen molar-refractivity contribution >= 4 is 0 Å². The molecule has 2 fully saturated rings. The fourth-order valence-electron chi connectivity index (χ4n) is 2.32. The fraction of sp³-hybridized carbons (Fsp3) is 1.00. The lowest BCUT2D eigenvalue weighted by Crippen LogP contribution is -2.46. The van der Waals surface area contributed by atoms with Crippen molar-refractivity contribution < 1.29 is 4.74 Å². The number of ether oxygens (including phenoxy) is 1. The fourth-order valence-corrected chi connectivity index (χ4v) is 2.32. The Hall–Kier alpha value is -0.120. The third kappa shape index (κ3) is 2.94. The first kappa shape index (κ1) is 10.4. The molecule has 1 N–H and O–H groups in total. The van der Waals surface area contributed by atoms with E-state index in [-0.39, 0.29) is 0 Å². The van der Waals surface area contributed by atoms with Gasteiger partial charge in [0.25, 0.3) is 0 Å². The van der Waals surface area contributed by atoms with Gasteiger partial charge in [-0.25, -0.2) is 0 Å². The number of piperidine rings is 1. The van der Waals surface area contributed by atoms with Crippen LogP contribution in [0.2, 0.25) is 0 Å². The minimum Gasteiger partial charge on any atom is -0.377 e. The van der Waals surface area contributed by atoms with E-state index in [2.05, 4.69) is 17.1 Å². The molecule has 0 aromatic carbocycles. The molecule has 0 unspecified atom stereocenters. The third-order valence-electron chi connectivity index (χ3n) is 3.19. The van der Waals surface area contributed by atoms with Crippen LogP contribution in [0.5, 0.6) is 0 Å². The summed E-state index contributed by atoms with van der Waals surface area (Å²) in [5, 5.41) is 3.35. The highest BCUT2D eigenvalue weighted by molar-refractivity contribution is 4.76. The Morgan fingerprint density at radius 1 is 1.29 bits per heavy atom. The molecule has 0 atom stereocenters. The highest BCUT2D eigenvalue weighted by atomic mass is 16.5. The Morgan fingerprint density at radius 3 is 2.64 bits per heavy atom. The smallest absolute Gasteiger partial charge is 0.0600 e. The summed E-state index contributed by atoms with van der Waals surface area (Å²) in [5.41, 5.74) is 0. The molecule has 14 heavy (non-hydrogen) atoms. The van der Waals surface area contributed by atoms with Crippen LogP contribution in [0.4, 0.5) is 0 Å². The summed E-state index contributed by atoms with van der Waals surface area (Å²) in [5.74, 6) is 0.911. The number of likely N-dealkylation sites (tertiary alicyclic amines) is 1. The third-order valence-corrected chi connectivity index (χ3v) is 3.19. The molecule has 0 bridgehead atoms. The zero-order valence-electron chi connectivity index (χ0n) is 9.17. The molecule has 3 nitrogen and oxygen atoms in total. The second-order valence-corrected chi connectivity index (χ2v) is 4.68. The molecular formula is C11H22N2O. The molecule has 0 aliphatic carbocycles. The zero-order chi connectivity index (χ0) is 9.80. The number of rotatable bonds is 4. The predicted molar refractivity (Wildman–Crippen MR) is 57.4 cm³/mol. The SMILES string of the molecule is CC1CN(CCOC2CCNCC2)C1. The van der Waals surface area contributed by atoms with Gasteiger partial charge in [0, 0.05) is 19.6 Å². The zero-order valence-corrected chi connectivity index (χ0v) is 9.17. The van der Waals surface area contributed by atoms with Gasteiger partial charge in [0.1, 0.15) is 0 Å². The molecule has 82 valence electrons. The van der Waals surface area contributed by atoms with Crippen molar-refractivity contribution in [1.82, 2.24) is 10.2 Å². The number of hydrogen-bond donors (Lipinski definition) is 1. The van der Waals surface area contributed by atoms with E-state index in [0.717, 1.165) is 32.2 Å². The largest absolute Gasteiger partial charge is 0.377 e. The standard InChI is InChI=1S/C11H22N2O/c1-10-8-13(9-10)6-7-14-11-2-4-12-5-3-11/h10-12H,2-9H2,1H3. The summed E-state index contributed by atoms with van der Waals surface area (Å²) in [7, 11) is 0. The van der Waals surface area contributed by atoms with Gasteiger partial charge in [0.15, 0.2) is 0 Å². The van der Waals surface area contributed by atoms with Crippen LogP contribution >= 0.6 is 0 Å². The summed E-state index contributed by atoms with van der Waals surface area (Å²) >= 11 is 0. The predicted octanol–water partition coefficient (Wildman–Crippen LogP) is 0.707. The first-order valence-corrected chi connectivity index (χ1v) is 5.89. The summed E-state index contributed by atoms with van der Waals surface area (Å²) < 4.78 is 5.84. The maximum Gasteiger partial charge on any atom is 0.0600 e. The monoisotopic (exact) mass is 198 g/mol. The molecule has 0 saturated carbocycles. The molecule has 0 aromatic rings. The van der Waals surface area contributed by atoms with Crippen molar-refractivity contribution in [2.45, 2.75) is 25.9 Å². The second kappa shape index (κ2) is 5.10. The Morgan fingerprint density at radius 2 is 2.00 bits per heavy atom. The van der Waals surface area contributed by atoms with Gasteiger partial charge in [0.2, 0.25) is 0 Å². The molecule has 0 aromatic heterocycles. The molecular weight excluding hydrogens is 176 g/mol. The van der Waals surface area contributed by atoms with Crippen molar-refractivity contribution in [2.75, 3.05) is 39.3 Å². The normalized spacial score (nSPS) is 26.4. The second-order valence-electron chi connectivity index (χ2n) is 4.68. The lowest BCUT2D eigenvalue weighted by Gasteiger charge is -2.37. The van der Waals surface area contributed by atoms with Gasteiger partial charge in [-0.05, 0) is 31.8 Å². The van der Waals surface area contributed by atoms with Gasteiger partial charge >= 0.3 is 0 Å². The molecule has 3 heteroatoms. The van der Waals surface area contributed by atoms with E-state index >= 15 is 0 Å². The summed E-state index contributed by atoms with van der Waals surface area (Å²) in [6.07, 6.45) is 2.90. The van der Waals surface area contributed by atoms with Crippen LogP contribution in [-0.2, 0) is 4.74 Å². The lowest BCUT2D eigenvalue weighted by atomic mass is 10.0. The van der Waals surface area contributed by atoms with Crippen LogP contribution in [0.15, 0.2) is 0 Å². The highest BCUT2D eigenvalue weighted by Gasteiger charge is 2.22. The van der Waals surface area contributed by atoms with E-state index < -0.39 is 0 Å². The Labute approximate surface area is 86.8 Å². The Balaban J connectivity index is 1.50. The van der Waals surface area contributed by atoms with Crippen LogP contribution in [0.25, 0.3) is 0 Å². The van der Waals surface area contributed by atoms with Crippen LogP contribution in [0, 0.1) is 5.92 Å². The van der Waals surface area contributed by atoms with Crippen LogP contribution in [0.1, 0.15) is 19.8 Å².